The summed E-state index contributed by atoms with van der Waals surface area (Å²) in [5.74, 6) is 0.0208. The van der Waals surface area contributed by atoms with E-state index in [1.165, 1.54) is 0 Å². The van der Waals surface area contributed by atoms with Gasteiger partial charge in [0, 0.05) is 33.1 Å². The first-order chi connectivity index (χ1) is 6.03. The van der Waals surface area contributed by atoms with E-state index in [9.17, 15) is 9.18 Å². The van der Waals surface area contributed by atoms with E-state index in [4.69, 9.17) is 0 Å². The van der Waals surface area contributed by atoms with Crippen molar-refractivity contribution < 1.29 is 9.18 Å². The zero-order valence-electron chi connectivity index (χ0n) is 8.27. The molecule has 4 heteroatoms. The average Bonchev–Trinajstić information content (AvgIpc) is 2.41. The molecule has 76 valence electrons. The number of halogens is 1. The summed E-state index contributed by atoms with van der Waals surface area (Å²) < 4.78 is 13.3. The summed E-state index contributed by atoms with van der Waals surface area (Å²) in [6.45, 7) is 3.51. The predicted molar refractivity (Wildman–Crippen MR) is 49.3 cm³/mol. The van der Waals surface area contributed by atoms with Gasteiger partial charge in [0.2, 0.25) is 5.91 Å². The van der Waals surface area contributed by atoms with Crippen molar-refractivity contribution in [3.05, 3.63) is 0 Å². The van der Waals surface area contributed by atoms with Gasteiger partial charge in [-0.3, -0.25) is 9.69 Å². The number of alkyl halides is 1. The lowest BCUT2D eigenvalue weighted by molar-refractivity contribution is -0.120. The van der Waals surface area contributed by atoms with Gasteiger partial charge in [-0.05, 0) is 13.3 Å². The SMILES string of the molecule is CNC(=O)CCN1CCC(C)(F)C1. The Labute approximate surface area is 78.3 Å². The number of nitrogens with zero attached hydrogens (tertiary/aromatic N) is 1. The van der Waals surface area contributed by atoms with Gasteiger partial charge in [0.25, 0.3) is 0 Å². The number of hydrogen-bond donors (Lipinski definition) is 1. The Hall–Kier alpha value is -0.640. The molecule has 0 aromatic heterocycles. The van der Waals surface area contributed by atoms with Crippen molar-refractivity contribution in [1.29, 1.82) is 0 Å². The van der Waals surface area contributed by atoms with Crippen molar-refractivity contribution >= 4 is 5.91 Å². The molecule has 1 rings (SSSR count). The first-order valence-corrected chi connectivity index (χ1v) is 4.65. The quantitative estimate of drug-likeness (QED) is 0.701. The number of hydrogen-bond acceptors (Lipinski definition) is 2. The van der Waals surface area contributed by atoms with Crippen LogP contribution in [0.25, 0.3) is 0 Å². The lowest BCUT2D eigenvalue weighted by Gasteiger charge is -2.16. The second-order valence-corrected chi connectivity index (χ2v) is 3.86. The Morgan fingerprint density at radius 3 is 2.85 bits per heavy atom. The molecule has 1 heterocycles. The van der Waals surface area contributed by atoms with Crippen LogP contribution in [-0.2, 0) is 4.79 Å². The Balaban J connectivity index is 2.21. The third-order valence-corrected chi connectivity index (χ3v) is 2.44. The predicted octanol–water partition coefficient (Wildman–Crippen LogP) is 0.556. The van der Waals surface area contributed by atoms with Crippen molar-refractivity contribution in [1.82, 2.24) is 10.2 Å². The summed E-state index contributed by atoms with van der Waals surface area (Å²) in [5, 5.41) is 2.55. The molecule has 0 bridgehead atoms. The molecule has 1 atom stereocenters. The number of carbonyl (C=O) groups excluding carboxylic acids is 1. The maximum atomic E-state index is 13.3. The van der Waals surface area contributed by atoms with Crippen LogP contribution in [0.1, 0.15) is 19.8 Å². The van der Waals surface area contributed by atoms with Crippen molar-refractivity contribution in [2.45, 2.75) is 25.4 Å². The van der Waals surface area contributed by atoms with E-state index < -0.39 is 5.67 Å². The maximum Gasteiger partial charge on any atom is 0.221 e. The van der Waals surface area contributed by atoms with Gasteiger partial charge in [0.05, 0.1) is 0 Å². The van der Waals surface area contributed by atoms with Crippen molar-refractivity contribution in [3.8, 4) is 0 Å². The van der Waals surface area contributed by atoms with Crippen LogP contribution in [0.3, 0.4) is 0 Å². The lowest BCUT2D eigenvalue weighted by Crippen LogP contribution is -2.30. The van der Waals surface area contributed by atoms with E-state index in [0.29, 0.717) is 25.9 Å². The number of likely N-dealkylation sites (tertiary alicyclic amines) is 1. The van der Waals surface area contributed by atoms with Crippen LogP contribution in [0.4, 0.5) is 4.39 Å². The second kappa shape index (κ2) is 4.05. The lowest BCUT2D eigenvalue weighted by atomic mass is 10.1. The number of amides is 1. The van der Waals surface area contributed by atoms with Crippen LogP contribution in [0.5, 0.6) is 0 Å². The summed E-state index contributed by atoms with van der Waals surface area (Å²) in [5.41, 5.74) is -1.05. The minimum Gasteiger partial charge on any atom is -0.359 e. The molecular weight excluding hydrogens is 171 g/mol. The molecule has 1 saturated heterocycles. The largest absolute Gasteiger partial charge is 0.359 e. The van der Waals surface area contributed by atoms with Gasteiger partial charge in [0.1, 0.15) is 5.67 Å². The fourth-order valence-corrected chi connectivity index (χ4v) is 1.59. The summed E-state index contributed by atoms with van der Waals surface area (Å²) in [6, 6.07) is 0. The van der Waals surface area contributed by atoms with Crippen LogP contribution >= 0.6 is 0 Å². The van der Waals surface area contributed by atoms with Gasteiger partial charge in [-0.1, -0.05) is 0 Å². The van der Waals surface area contributed by atoms with E-state index in [1.54, 1.807) is 14.0 Å². The van der Waals surface area contributed by atoms with Crippen molar-refractivity contribution in [3.63, 3.8) is 0 Å². The Bertz CT molecular complexity index is 194. The summed E-state index contributed by atoms with van der Waals surface area (Å²) in [7, 11) is 1.62. The third kappa shape index (κ3) is 3.30. The molecule has 1 unspecified atom stereocenters. The summed E-state index contributed by atoms with van der Waals surface area (Å²) >= 11 is 0. The molecule has 1 N–H and O–H groups in total. The van der Waals surface area contributed by atoms with Crippen LogP contribution in [0.2, 0.25) is 0 Å². The molecule has 1 amide bonds. The molecule has 1 aliphatic rings. The van der Waals surface area contributed by atoms with E-state index in [1.807, 2.05) is 4.90 Å². The molecular formula is C9H17FN2O. The van der Waals surface area contributed by atoms with Crippen LogP contribution in [0, 0.1) is 0 Å². The molecule has 1 fully saturated rings. The highest BCUT2D eigenvalue weighted by Crippen LogP contribution is 2.24. The standard InChI is InChI=1S/C9H17FN2O/c1-9(10)4-6-12(7-9)5-3-8(13)11-2/h3-7H2,1-2H3,(H,11,13). The van der Waals surface area contributed by atoms with Gasteiger partial charge in [-0.15, -0.1) is 0 Å². The van der Waals surface area contributed by atoms with Crippen molar-refractivity contribution in [2.75, 3.05) is 26.7 Å². The topological polar surface area (TPSA) is 32.3 Å². The average molecular weight is 188 g/mol. The number of nitrogens with one attached hydrogen (secondary N) is 1. The van der Waals surface area contributed by atoms with E-state index >= 15 is 0 Å². The zero-order valence-corrected chi connectivity index (χ0v) is 8.27. The first-order valence-electron chi connectivity index (χ1n) is 4.65. The Morgan fingerprint density at radius 1 is 1.69 bits per heavy atom. The van der Waals surface area contributed by atoms with E-state index in [-0.39, 0.29) is 5.91 Å². The minimum absolute atomic E-state index is 0.0208. The Morgan fingerprint density at radius 2 is 2.38 bits per heavy atom. The van der Waals surface area contributed by atoms with Crippen molar-refractivity contribution in [2.24, 2.45) is 0 Å². The van der Waals surface area contributed by atoms with E-state index in [2.05, 4.69) is 5.32 Å². The molecule has 0 aromatic rings. The van der Waals surface area contributed by atoms with Crippen LogP contribution in [0.15, 0.2) is 0 Å². The molecule has 0 radical (unpaired) electrons. The molecule has 0 spiro atoms. The number of rotatable bonds is 3. The molecule has 0 aliphatic carbocycles. The molecule has 3 nitrogen and oxygen atoms in total. The van der Waals surface area contributed by atoms with Gasteiger partial charge in [-0.25, -0.2) is 4.39 Å². The summed E-state index contributed by atoms with van der Waals surface area (Å²) in [4.78, 5) is 12.9. The molecule has 13 heavy (non-hydrogen) atoms. The van der Waals surface area contributed by atoms with Crippen LogP contribution < -0.4 is 5.32 Å². The van der Waals surface area contributed by atoms with E-state index in [0.717, 1.165) is 6.54 Å². The molecule has 1 aliphatic heterocycles. The van der Waals surface area contributed by atoms with Gasteiger partial charge >= 0.3 is 0 Å². The van der Waals surface area contributed by atoms with Gasteiger partial charge in [-0.2, -0.15) is 0 Å². The van der Waals surface area contributed by atoms with Gasteiger partial charge < -0.3 is 5.32 Å². The number of carbonyl (C=O) groups is 1. The third-order valence-electron chi connectivity index (χ3n) is 2.44. The Kier molecular flexibility index (Phi) is 3.25. The summed E-state index contributed by atoms with van der Waals surface area (Å²) in [6.07, 6.45) is 1.05. The normalized spacial score (nSPS) is 29.2. The smallest absolute Gasteiger partial charge is 0.221 e. The van der Waals surface area contributed by atoms with Gasteiger partial charge in [0.15, 0.2) is 0 Å². The highest BCUT2D eigenvalue weighted by Gasteiger charge is 2.33. The monoisotopic (exact) mass is 188 g/mol. The fourth-order valence-electron chi connectivity index (χ4n) is 1.59. The maximum absolute atomic E-state index is 13.3. The molecule has 0 aromatic carbocycles. The highest BCUT2D eigenvalue weighted by molar-refractivity contribution is 5.75. The zero-order chi connectivity index (χ0) is 9.90. The second-order valence-electron chi connectivity index (χ2n) is 3.86. The molecule has 0 saturated carbocycles. The first kappa shape index (κ1) is 10.4. The van der Waals surface area contributed by atoms with Crippen LogP contribution in [-0.4, -0.2) is 43.2 Å². The minimum atomic E-state index is -1.05. The fraction of sp³-hybridized carbons (Fsp3) is 0.889. The highest BCUT2D eigenvalue weighted by atomic mass is 19.1.